The summed E-state index contributed by atoms with van der Waals surface area (Å²) in [5.74, 6) is -1.56. The number of fused-ring (bicyclic) bond motifs is 2. The van der Waals surface area contributed by atoms with Gasteiger partial charge in [0.05, 0.1) is 46.5 Å². The smallest absolute Gasteiger partial charge is 0.251 e. The minimum absolute atomic E-state index is 0.162. The van der Waals surface area contributed by atoms with Gasteiger partial charge in [0.15, 0.2) is 0 Å². The van der Waals surface area contributed by atoms with Crippen molar-refractivity contribution in [2.24, 2.45) is 11.8 Å². The number of hydrogen-bond donors (Lipinski definition) is 1. The largest absolute Gasteiger partial charge is 0.494 e. The molecule has 0 saturated carbocycles. The van der Waals surface area contributed by atoms with Crippen LogP contribution in [-0.2, 0) is 20.8 Å². The second kappa shape index (κ2) is 13.1. The fourth-order valence-corrected chi connectivity index (χ4v) is 10.2. The Bertz CT molecular complexity index is 1760. The van der Waals surface area contributed by atoms with Crippen molar-refractivity contribution in [1.29, 1.82) is 0 Å². The summed E-state index contributed by atoms with van der Waals surface area (Å²) < 4.78 is 4.58. The summed E-state index contributed by atoms with van der Waals surface area (Å²) in [7, 11) is 0. The van der Waals surface area contributed by atoms with Crippen LogP contribution in [0.4, 0.5) is 11.4 Å². The molecule has 6 atom stereocenters. The summed E-state index contributed by atoms with van der Waals surface area (Å²) in [6, 6.07) is 20.9. The average Bonchev–Trinajstić information content (AvgIpc) is 3.41. The van der Waals surface area contributed by atoms with Crippen LogP contribution in [0.1, 0.15) is 18.1 Å². The summed E-state index contributed by atoms with van der Waals surface area (Å²) >= 11 is 8.24. The quantitative estimate of drug-likeness (QED) is 0.318. The molecule has 3 aromatic rings. The molecule has 0 bridgehead atoms. The number of para-hydroxylation sites is 1. The number of benzene rings is 3. The zero-order chi connectivity index (χ0) is 33.6. The average molecular weight is 684 g/mol. The Morgan fingerprint density at radius 2 is 1.69 bits per heavy atom. The molecular formula is C38H38ClN3O5S. The fourth-order valence-electron chi connectivity index (χ4n) is 7.89. The van der Waals surface area contributed by atoms with Crippen LogP contribution >= 0.6 is 23.4 Å². The van der Waals surface area contributed by atoms with Crippen molar-refractivity contribution < 1.29 is 24.2 Å². The highest BCUT2D eigenvalue weighted by atomic mass is 35.5. The second-order valence-corrected chi connectivity index (χ2v) is 14.6. The molecule has 248 valence electrons. The van der Waals surface area contributed by atoms with Crippen LogP contribution in [0.3, 0.4) is 0 Å². The molecule has 4 aliphatic rings. The number of nitrogens with zero attached hydrogens (tertiary/aromatic N) is 3. The summed E-state index contributed by atoms with van der Waals surface area (Å²) in [6.07, 6.45) is 8.29. The highest BCUT2D eigenvalue weighted by molar-refractivity contribution is 8.02. The Balaban J connectivity index is 1.33. The molecule has 1 spiro atoms. The minimum Gasteiger partial charge on any atom is -0.494 e. The predicted molar refractivity (Wildman–Crippen MR) is 190 cm³/mol. The molecule has 0 radical (unpaired) electrons. The van der Waals surface area contributed by atoms with Crippen molar-refractivity contribution in [3.05, 3.63) is 113 Å². The van der Waals surface area contributed by atoms with Crippen molar-refractivity contribution in [2.75, 3.05) is 36.1 Å². The predicted octanol–water partition coefficient (Wildman–Crippen LogP) is 5.45. The lowest BCUT2D eigenvalue weighted by Crippen LogP contribution is -2.57. The fraction of sp³-hybridized carbons (Fsp3) is 0.342. The third-order valence-electron chi connectivity index (χ3n) is 9.93. The number of amides is 3. The summed E-state index contributed by atoms with van der Waals surface area (Å²) in [4.78, 5) is 49.7. The number of likely N-dealkylation sites (tertiary alicyclic amines) is 1. The molecule has 4 aliphatic heterocycles. The van der Waals surface area contributed by atoms with Gasteiger partial charge in [0.2, 0.25) is 11.8 Å². The van der Waals surface area contributed by atoms with Gasteiger partial charge in [-0.15, -0.1) is 11.8 Å². The van der Waals surface area contributed by atoms with Crippen molar-refractivity contribution in [3.8, 4) is 5.75 Å². The monoisotopic (exact) mass is 683 g/mol. The van der Waals surface area contributed by atoms with Crippen LogP contribution in [0.5, 0.6) is 5.75 Å². The maximum Gasteiger partial charge on any atom is 0.251 e. The van der Waals surface area contributed by atoms with E-state index in [1.807, 2.05) is 105 Å². The third kappa shape index (κ3) is 5.32. The first-order valence-corrected chi connectivity index (χ1v) is 17.6. The van der Waals surface area contributed by atoms with Crippen LogP contribution in [0.2, 0.25) is 5.02 Å². The van der Waals surface area contributed by atoms with Gasteiger partial charge in [-0.25, -0.2) is 0 Å². The Hall–Kier alpha value is -4.05. The SMILES string of the molecule is CCOc1ccc(N2CC=C[C@@H]3S[C@]45C=CCN(c6c(C)cccc6Cl)C(=O)C4N([C@@H](CO)Cc4ccccc4)C(=O)[C@@H]5[C@@H]3C2=O)cc1. The first-order chi connectivity index (χ1) is 23.3. The van der Waals surface area contributed by atoms with Crippen molar-refractivity contribution in [1.82, 2.24) is 4.90 Å². The number of halogens is 1. The summed E-state index contributed by atoms with van der Waals surface area (Å²) in [5.41, 5.74) is 3.08. The van der Waals surface area contributed by atoms with Gasteiger partial charge in [-0.1, -0.05) is 78.4 Å². The van der Waals surface area contributed by atoms with Crippen LogP contribution in [0.25, 0.3) is 0 Å². The van der Waals surface area contributed by atoms with E-state index < -0.39 is 28.7 Å². The molecule has 48 heavy (non-hydrogen) atoms. The molecule has 10 heteroatoms. The number of rotatable bonds is 8. The Morgan fingerprint density at radius 1 is 0.938 bits per heavy atom. The normalized spacial score (nSPS) is 27.0. The highest BCUT2D eigenvalue weighted by Gasteiger charge is 2.72. The molecule has 7 rings (SSSR count). The lowest BCUT2D eigenvalue weighted by atomic mass is 9.78. The van der Waals surface area contributed by atoms with E-state index in [0.29, 0.717) is 41.7 Å². The van der Waals surface area contributed by atoms with Crippen LogP contribution in [0.15, 0.2) is 97.1 Å². The van der Waals surface area contributed by atoms with Gasteiger partial charge in [-0.05, 0) is 61.7 Å². The number of aliphatic hydroxyl groups is 1. The standard InChI is InChI=1S/C38H38ClN3O5S/c1-3-47-28-17-15-26(16-18-28)40-20-8-14-30-31(35(40)44)32-36(45)42(27(23-43)22-25-11-5-4-6-12-25)34-37(46)41(21-9-19-38(32,34)48-30)33-24(2)10-7-13-29(33)39/h4-19,27,30-32,34,43H,3,20-23H2,1-2H3/t27-,30+,31-,32+,34?,38+/m1/s1. The number of thioether (sulfide) groups is 1. The number of aliphatic hydroxyl groups excluding tert-OH is 1. The first-order valence-electron chi connectivity index (χ1n) is 16.4. The second-order valence-electron chi connectivity index (χ2n) is 12.7. The Morgan fingerprint density at radius 3 is 2.40 bits per heavy atom. The van der Waals surface area contributed by atoms with Gasteiger partial charge in [-0.3, -0.25) is 14.4 Å². The van der Waals surface area contributed by atoms with E-state index in [1.54, 1.807) is 20.8 Å². The van der Waals surface area contributed by atoms with E-state index in [1.165, 1.54) is 11.8 Å². The maximum atomic E-state index is 15.0. The van der Waals surface area contributed by atoms with Gasteiger partial charge < -0.3 is 24.5 Å². The third-order valence-corrected chi connectivity index (χ3v) is 12.0. The number of hydrogen-bond acceptors (Lipinski definition) is 6. The molecular weight excluding hydrogens is 646 g/mol. The van der Waals surface area contributed by atoms with E-state index in [4.69, 9.17) is 16.3 Å². The van der Waals surface area contributed by atoms with Crippen LogP contribution in [-0.4, -0.2) is 76.1 Å². The van der Waals surface area contributed by atoms with E-state index in [2.05, 4.69) is 0 Å². The molecule has 2 saturated heterocycles. The van der Waals surface area contributed by atoms with Crippen molar-refractivity contribution >= 4 is 52.5 Å². The first kappa shape index (κ1) is 32.5. The zero-order valence-corrected chi connectivity index (χ0v) is 28.4. The number of anilines is 2. The Labute approximate surface area is 290 Å². The van der Waals surface area contributed by atoms with E-state index in [9.17, 15) is 9.90 Å². The summed E-state index contributed by atoms with van der Waals surface area (Å²) in [6.45, 7) is 4.65. The summed E-state index contributed by atoms with van der Waals surface area (Å²) in [5, 5.41) is 11.0. The molecule has 0 aliphatic carbocycles. The van der Waals surface area contributed by atoms with E-state index in [0.717, 1.165) is 11.1 Å². The molecule has 1 N–H and O–H groups in total. The number of ether oxygens (including phenoxy) is 1. The molecule has 2 fully saturated rings. The maximum absolute atomic E-state index is 15.0. The van der Waals surface area contributed by atoms with E-state index in [-0.39, 0.29) is 36.1 Å². The van der Waals surface area contributed by atoms with Crippen molar-refractivity contribution in [2.45, 2.75) is 42.3 Å². The lowest BCUT2D eigenvalue weighted by Gasteiger charge is -2.39. The minimum atomic E-state index is -1.04. The lowest BCUT2D eigenvalue weighted by molar-refractivity contribution is -0.141. The Kier molecular flexibility index (Phi) is 8.87. The molecule has 8 nitrogen and oxygen atoms in total. The molecule has 4 heterocycles. The number of carbonyl (C=O) groups is 3. The molecule has 3 aromatic carbocycles. The highest BCUT2D eigenvalue weighted by Crippen LogP contribution is 2.61. The van der Waals surface area contributed by atoms with Gasteiger partial charge in [0, 0.05) is 24.0 Å². The molecule has 3 amide bonds. The van der Waals surface area contributed by atoms with Crippen molar-refractivity contribution in [3.63, 3.8) is 0 Å². The van der Waals surface area contributed by atoms with Gasteiger partial charge in [0.1, 0.15) is 11.8 Å². The van der Waals surface area contributed by atoms with Crippen LogP contribution in [0, 0.1) is 18.8 Å². The number of carbonyl (C=O) groups excluding carboxylic acids is 3. The number of aryl methyl sites for hydroxylation is 1. The van der Waals surface area contributed by atoms with Gasteiger partial charge in [0.25, 0.3) is 5.91 Å². The van der Waals surface area contributed by atoms with Gasteiger partial charge >= 0.3 is 0 Å². The molecule has 1 unspecified atom stereocenters. The molecule has 0 aromatic heterocycles. The van der Waals surface area contributed by atoms with Gasteiger partial charge in [-0.2, -0.15) is 0 Å². The van der Waals surface area contributed by atoms with Crippen LogP contribution < -0.4 is 14.5 Å². The van der Waals surface area contributed by atoms with E-state index >= 15 is 9.59 Å². The topological polar surface area (TPSA) is 90.4 Å². The zero-order valence-electron chi connectivity index (χ0n) is 26.9.